The molecule has 6 heteroatoms. The van der Waals surface area contributed by atoms with Crippen molar-refractivity contribution in [3.8, 4) is 0 Å². The quantitative estimate of drug-likeness (QED) is 0.926. The van der Waals surface area contributed by atoms with E-state index in [-0.39, 0.29) is 11.9 Å². The average Bonchev–Trinajstić information content (AvgIpc) is 2.40. The predicted molar refractivity (Wildman–Crippen MR) is 81.4 cm³/mol. The van der Waals surface area contributed by atoms with Gasteiger partial charge in [-0.3, -0.25) is 4.79 Å². The molecule has 1 aliphatic heterocycles. The Labute approximate surface area is 124 Å². The summed E-state index contributed by atoms with van der Waals surface area (Å²) >= 11 is 6.15. The van der Waals surface area contributed by atoms with Gasteiger partial charge in [-0.15, -0.1) is 0 Å². The maximum atomic E-state index is 12.5. The van der Waals surface area contributed by atoms with E-state index in [1.807, 2.05) is 11.8 Å². The van der Waals surface area contributed by atoms with Crippen molar-refractivity contribution >= 4 is 23.3 Å². The fourth-order valence-corrected chi connectivity index (χ4v) is 2.69. The van der Waals surface area contributed by atoms with Crippen LogP contribution in [0.3, 0.4) is 0 Å². The van der Waals surface area contributed by atoms with E-state index < -0.39 is 0 Å². The second-order valence-corrected chi connectivity index (χ2v) is 5.60. The maximum Gasteiger partial charge on any atom is 0.255 e. The van der Waals surface area contributed by atoms with Crippen LogP contribution in [0.1, 0.15) is 24.2 Å². The highest BCUT2D eigenvalue weighted by molar-refractivity contribution is 6.33. The van der Waals surface area contributed by atoms with E-state index in [1.54, 1.807) is 12.3 Å². The molecule has 0 bridgehead atoms. The lowest BCUT2D eigenvalue weighted by Crippen LogP contribution is -2.52. The highest BCUT2D eigenvalue weighted by Crippen LogP contribution is 2.21. The van der Waals surface area contributed by atoms with Gasteiger partial charge in [-0.2, -0.15) is 0 Å². The zero-order valence-corrected chi connectivity index (χ0v) is 12.9. The van der Waals surface area contributed by atoms with Gasteiger partial charge in [-0.1, -0.05) is 11.6 Å². The van der Waals surface area contributed by atoms with Crippen LogP contribution in [0.5, 0.6) is 0 Å². The van der Waals surface area contributed by atoms with Gasteiger partial charge in [0.15, 0.2) is 0 Å². The summed E-state index contributed by atoms with van der Waals surface area (Å²) in [5, 5.41) is 3.55. The van der Waals surface area contributed by atoms with Gasteiger partial charge < -0.3 is 15.1 Å². The number of amides is 1. The number of aromatic nitrogens is 1. The monoisotopic (exact) mass is 296 g/mol. The highest BCUT2D eigenvalue weighted by atomic mass is 35.5. The molecule has 0 aliphatic carbocycles. The van der Waals surface area contributed by atoms with E-state index in [1.165, 1.54) is 0 Å². The van der Waals surface area contributed by atoms with Crippen molar-refractivity contribution in [2.45, 2.75) is 19.9 Å². The molecule has 2 rings (SSSR count). The van der Waals surface area contributed by atoms with Gasteiger partial charge in [-0.25, -0.2) is 4.98 Å². The van der Waals surface area contributed by atoms with Crippen molar-refractivity contribution < 1.29 is 4.79 Å². The van der Waals surface area contributed by atoms with Gasteiger partial charge in [0, 0.05) is 38.4 Å². The fourth-order valence-electron chi connectivity index (χ4n) is 2.46. The number of hydrogen-bond acceptors (Lipinski definition) is 4. The molecule has 1 aliphatic rings. The van der Waals surface area contributed by atoms with Crippen LogP contribution in [0.25, 0.3) is 0 Å². The van der Waals surface area contributed by atoms with Gasteiger partial charge in [-0.05, 0) is 27.0 Å². The summed E-state index contributed by atoms with van der Waals surface area (Å²) in [6.07, 6.45) is 1.59. The first-order valence-electron chi connectivity index (χ1n) is 6.91. The minimum atomic E-state index is 0.00282. The lowest BCUT2D eigenvalue weighted by Gasteiger charge is -2.38. The summed E-state index contributed by atoms with van der Waals surface area (Å²) < 4.78 is 0. The summed E-state index contributed by atoms with van der Waals surface area (Å²) in [5.41, 5.74) is 0.549. The molecule has 1 atom stereocenters. The Morgan fingerprint density at radius 3 is 2.90 bits per heavy atom. The Hall–Kier alpha value is -1.33. The number of carbonyl (C=O) groups excluding carboxylic acids is 1. The van der Waals surface area contributed by atoms with Crippen LogP contribution in [0.2, 0.25) is 5.02 Å². The number of likely N-dealkylation sites (N-methyl/N-ethyl adjacent to an activating group) is 1. The Morgan fingerprint density at radius 2 is 2.30 bits per heavy atom. The van der Waals surface area contributed by atoms with Gasteiger partial charge in [0.25, 0.3) is 5.91 Å². The van der Waals surface area contributed by atoms with Crippen LogP contribution in [-0.4, -0.2) is 60.0 Å². The largest absolute Gasteiger partial charge is 0.369 e. The molecule has 110 valence electrons. The van der Waals surface area contributed by atoms with Crippen LogP contribution >= 0.6 is 11.6 Å². The smallest absolute Gasteiger partial charge is 0.255 e. The maximum absolute atomic E-state index is 12.5. The van der Waals surface area contributed by atoms with Gasteiger partial charge in [0.1, 0.15) is 5.82 Å². The molecular weight excluding hydrogens is 276 g/mol. The van der Waals surface area contributed by atoms with E-state index in [0.29, 0.717) is 16.4 Å². The molecule has 1 unspecified atom stereocenters. The summed E-state index contributed by atoms with van der Waals surface area (Å²) in [6, 6.07) is 1.90. The van der Waals surface area contributed by atoms with E-state index >= 15 is 0 Å². The minimum Gasteiger partial charge on any atom is -0.369 e. The third-order valence-corrected chi connectivity index (χ3v) is 3.81. The molecule has 1 fully saturated rings. The van der Waals surface area contributed by atoms with Crippen LogP contribution in [0, 0.1) is 0 Å². The first kappa shape index (κ1) is 15.1. The molecule has 5 nitrogen and oxygen atoms in total. The van der Waals surface area contributed by atoms with Crippen molar-refractivity contribution in [1.29, 1.82) is 0 Å². The van der Waals surface area contributed by atoms with Crippen LogP contribution in [0.15, 0.2) is 12.3 Å². The van der Waals surface area contributed by atoms with E-state index in [0.717, 1.165) is 26.2 Å². The zero-order chi connectivity index (χ0) is 14.7. The van der Waals surface area contributed by atoms with Crippen molar-refractivity contribution in [3.63, 3.8) is 0 Å². The SMILES string of the molecule is CCNc1ncc(C(=O)N2CCN(C)CC2C)cc1Cl. The number of pyridine rings is 1. The number of piperazine rings is 1. The Morgan fingerprint density at radius 1 is 1.55 bits per heavy atom. The number of halogens is 1. The second kappa shape index (κ2) is 6.41. The number of carbonyl (C=O) groups is 1. The first-order chi connectivity index (χ1) is 9.52. The second-order valence-electron chi connectivity index (χ2n) is 5.19. The van der Waals surface area contributed by atoms with Crippen molar-refractivity contribution in [2.24, 2.45) is 0 Å². The molecule has 0 radical (unpaired) electrons. The van der Waals surface area contributed by atoms with Crippen molar-refractivity contribution in [1.82, 2.24) is 14.8 Å². The predicted octanol–water partition coefficient (Wildman–Crippen LogP) is 1.94. The molecule has 1 amide bonds. The standard InChI is InChI=1S/C14H21ClN4O/c1-4-16-13-12(15)7-11(8-17-13)14(20)19-6-5-18(3)9-10(19)2/h7-8,10H,4-6,9H2,1-3H3,(H,16,17). The summed E-state index contributed by atoms with van der Waals surface area (Å²) in [4.78, 5) is 20.9. The molecule has 0 saturated carbocycles. The molecule has 1 aromatic rings. The molecular formula is C14H21ClN4O. The van der Waals surface area contributed by atoms with E-state index in [4.69, 9.17) is 11.6 Å². The third kappa shape index (κ3) is 3.22. The summed E-state index contributed by atoms with van der Waals surface area (Å²) in [6.45, 7) is 7.31. The molecule has 0 aromatic carbocycles. The van der Waals surface area contributed by atoms with Crippen molar-refractivity contribution in [3.05, 3.63) is 22.8 Å². The number of rotatable bonds is 3. The number of nitrogens with one attached hydrogen (secondary N) is 1. The van der Waals surface area contributed by atoms with Gasteiger partial charge in [0.2, 0.25) is 0 Å². The van der Waals surface area contributed by atoms with Crippen LogP contribution in [-0.2, 0) is 0 Å². The first-order valence-corrected chi connectivity index (χ1v) is 7.29. The lowest BCUT2D eigenvalue weighted by atomic mass is 10.1. The fraction of sp³-hybridized carbons (Fsp3) is 0.571. The average molecular weight is 297 g/mol. The van der Waals surface area contributed by atoms with E-state index in [9.17, 15) is 4.79 Å². The minimum absolute atomic E-state index is 0.00282. The molecule has 20 heavy (non-hydrogen) atoms. The number of anilines is 1. The Balaban J connectivity index is 2.15. The van der Waals surface area contributed by atoms with Gasteiger partial charge >= 0.3 is 0 Å². The third-order valence-electron chi connectivity index (χ3n) is 3.52. The van der Waals surface area contributed by atoms with Crippen molar-refractivity contribution in [2.75, 3.05) is 38.5 Å². The summed E-state index contributed by atoms with van der Waals surface area (Å²) in [5.74, 6) is 0.625. The number of hydrogen-bond donors (Lipinski definition) is 1. The van der Waals surface area contributed by atoms with Crippen LogP contribution in [0.4, 0.5) is 5.82 Å². The van der Waals surface area contributed by atoms with Gasteiger partial charge in [0.05, 0.1) is 10.6 Å². The van der Waals surface area contributed by atoms with Crippen LogP contribution < -0.4 is 5.32 Å². The molecule has 1 N–H and O–H groups in total. The zero-order valence-electron chi connectivity index (χ0n) is 12.2. The Kier molecular flexibility index (Phi) is 4.83. The lowest BCUT2D eigenvalue weighted by molar-refractivity contribution is 0.0533. The molecule has 1 aromatic heterocycles. The topological polar surface area (TPSA) is 48.5 Å². The van der Waals surface area contributed by atoms with E-state index in [2.05, 4.69) is 29.2 Å². The normalized spacial score (nSPS) is 20.0. The molecule has 2 heterocycles. The summed E-state index contributed by atoms with van der Waals surface area (Å²) in [7, 11) is 2.07. The molecule has 1 saturated heterocycles. The Bertz CT molecular complexity index is 494. The molecule has 0 spiro atoms. The number of nitrogens with zero attached hydrogens (tertiary/aromatic N) is 3. The highest BCUT2D eigenvalue weighted by Gasteiger charge is 2.27.